The Labute approximate surface area is 145 Å². The van der Waals surface area contributed by atoms with E-state index >= 15 is 0 Å². The van der Waals surface area contributed by atoms with Gasteiger partial charge in [0.05, 0.1) is 15.1 Å². The first-order chi connectivity index (χ1) is 9.51. The lowest BCUT2D eigenvalue weighted by atomic mass is 10.2. The smallest absolute Gasteiger partial charge is 0.142 e. The summed E-state index contributed by atoms with van der Waals surface area (Å²) in [5.41, 5.74) is 1.80. The van der Waals surface area contributed by atoms with Gasteiger partial charge < -0.3 is 4.74 Å². The Kier molecular flexibility index (Phi) is 5.88. The van der Waals surface area contributed by atoms with Gasteiger partial charge in [-0.1, -0.05) is 68.4 Å². The largest absolute Gasteiger partial charge is 0.487 e. The van der Waals surface area contributed by atoms with E-state index in [0.29, 0.717) is 37.8 Å². The van der Waals surface area contributed by atoms with Crippen LogP contribution in [-0.2, 0) is 11.9 Å². The first-order valence-electron chi connectivity index (χ1n) is 5.62. The number of rotatable bonds is 4. The van der Waals surface area contributed by atoms with E-state index in [1.807, 2.05) is 12.1 Å². The van der Waals surface area contributed by atoms with Crippen molar-refractivity contribution in [2.75, 3.05) is 0 Å². The zero-order chi connectivity index (χ0) is 14.7. The molecule has 0 N–H and O–H groups in total. The molecule has 1 nitrogen and oxygen atoms in total. The SMILES string of the molecule is Clc1cc(Cl)c(OCc2ccc(Cl)c(Cl)c2)c(CBr)c1. The van der Waals surface area contributed by atoms with Crippen LogP contribution in [0.1, 0.15) is 11.1 Å². The molecular formula is C14H9BrCl4O. The molecule has 2 aromatic carbocycles. The van der Waals surface area contributed by atoms with Gasteiger partial charge in [-0.3, -0.25) is 0 Å². The van der Waals surface area contributed by atoms with E-state index in [4.69, 9.17) is 51.1 Å². The van der Waals surface area contributed by atoms with E-state index in [0.717, 1.165) is 11.1 Å². The minimum atomic E-state index is 0.345. The Bertz CT molecular complexity index is 631. The number of hydrogen-bond acceptors (Lipinski definition) is 1. The van der Waals surface area contributed by atoms with Crippen LogP contribution in [0.2, 0.25) is 20.1 Å². The topological polar surface area (TPSA) is 9.23 Å². The molecule has 0 bridgehead atoms. The van der Waals surface area contributed by atoms with E-state index in [1.54, 1.807) is 18.2 Å². The maximum atomic E-state index is 6.16. The van der Waals surface area contributed by atoms with Crippen LogP contribution in [0.4, 0.5) is 0 Å². The van der Waals surface area contributed by atoms with Crippen LogP contribution in [0, 0.1) is 0 Å². The zero-order valence-corrected chi connectivity index (χ0v) is 14.7. The fraction of sp³-hybridized carbons (Fsp3) is 0.143. The molecule has 0 saturated carbocycles. The molecule has 0 heterocycles. The molecule has 20 heavy (non-hydrogen) atoms. The van der Waals surface area contributed by atoms with E-state index in [2.05, 4.69) is 15.9 Å². The van der Waals surface area contributed by atoms with Crippen molar-refractivity contribution in [2.24, 2.45) is 0 Å². The fourth-order valence-electron chi connectivity index (χ4n) is 1.66. The van der Waals surface area contributed by atoms with Crippen LogP contribution in [0.3, 0.4) is 0 Å². The quantitative estimate of drug-likeness (QED) is 0.501. The van der Waals surface area contributed by atoms with Crippen LogP contribution in [-0.4, -0.2) is 0 Å². The normalized spacial score (nSPS) is 10.7. The van der Waals surface area contributed by atoms with Gasteiger partial charge >= 0.3 is 0 Å². The van der Waals surface area contributed by atoms with Gasteiger partial charge in [-0.2, -0.15) is 0 Å². The summed E-state index contributed by atoms with van der Waals surface area (Å²) in [6.45, 7) is 0.345. The number of halogens is 5. The van der Waals surface area contributed by atoms with Gasteiger partial charge in [0.1, 0.15) is 12.4 Å². The summed E-state index contributed by atoms with van der Waals surface area (Å²) in [6, 6.07) is 8.82. The van der Waals surface area contributed by atoms with Crippen molar-refractivity contribution < 1.29 is 4.74 Å². The van der Waals surface area contributed by atoms with Gasteiger partial charge in [-0.25, -0.2) is 0 Å². The maximum Gasteiger partial charge on any atom is 0.142 e. The highest BCUT2D eigenvalue weighted by molar-refractivity contribution is 9.08. The summed E-state index contributed by atoms with van der Waals surface area (Å²) in [5, 5.41) is 2.67. The molecule has 0 fully saturated rings. The van der Waals surface area contributed by atoms with Gasteiger partial charge in [-0.15, -0.1) is 0 Å². The summed E-state index contributed by atoms with van der Waals surface area (Å²) in [5.74, 6) is 0.610. The summed E-state index contributed by atoms with van der Waals surface area (Å²) in [7, 11) is 0. The van der Waals surface area contributed by atoms with Crippen molar-refractivity contribution in [1.29, 1.82) is 0 Å². The molecule has 0 radical (unpaired) electrons. The van der Waals surface area contributed by atoms with Crippen LogP contribution < -0.4 is 4.74 Å². The number of benzene rings is 2. The van der Waals surface area contributed by atoms with Crippen molar-refractivity contribution in [2.45, 2.75) is 11.9 Å². The molecule has 0 aliphatic heterocycles. The van der Waals surface area contributed by atoms with Gasteiger partial charge in [0.25, 0.3) is 0 Å². The van der Waals surface area contributed by atoms with Crippen molar-refractivity contribution in [3.63, 3.8) is 0 Å². The summed E-state index contributed by atoms with van der Waals surface area (Å²) < 4.78 is 5.77. The highest BCUT2D eigenvalue weighted by Crippen LogP contribution is 2.34. The molecule has 0 aromatic heterocycles. The zero-order valence-electron chi connectivity index (χ0n) is 10.1. The molecule has 0 aliphatic rings. The van der Waals surface area contributed by atoms with Crippen molar-refractivity contribution in [1.82, 2.24) is 0 Å². The van der Waals surface area contributed by atoms with E-state index in [9.17, 15) is 0 Å². The molecule has 0 amide bonds. The number of alkyl halides is 1. The molecule has 0 spiro atoms. The van der Waals surface area contributed by atoms with Gasteiger partial charge in [0.15, 0.2) is 0 Å². The Hall–Kier alpha value is -0.120. The standard InChI is InChI=1S/C14H9BrCl4O/c15-6-9-4-10(16)5-13(19)14(9)20-7-8-1-2-11(17)12(18)3-8/h1-5H,6-7H2. The fourth-order valence-corrected chi connectivity index (χ4v) is 2.99. The third-order valence-corrected chi connectivity index (χ3v) is 4.44. The van der Waals surface area contributed by atoms with Crippen molar-refractivity contribution >= 4 is 62.3 Å². The summed E-state index contributed by atoms with van der Waals surface area (Å²) in [6.07, 6.45) is 0. The minimum absolute atomic E-state index is 0.345. The first kappa shape index (κ1) is 16.3. The third kappa shape index (κ3) is 3.96. The van der Waals surface area contributed by atoms with Gasteiger partial charge in [-0.05, 0) is 29.8 Å². The second kappa shape index (κ2) is 7.24. The average molecular weight is 415 g/mol. The first-order valence-corrected chi connectivity index (χ1v) is 8.25. The lowest BCUT2D eigenvalue weighted by molar-refractivity contribution is 0.304. The molecule has 0 saturated heterocycles. The predicted octanol–water partition coefficient (Wildman–Crippen LogP) is 6.77. The van der Waals surface area contributed by atoms with Crippen LogP contribution in [0.15, 0.2) is 30.3 Å². The van der Waals surface area contributed by atoms with Crippen LogP contribution in [0.5, 0.6) is 5.75 Å². The molecule has 2 rings (SSSR count). The Morgan fingerprint density at radius 1 is 0.900 bits per heavy atom. The van der Waals surface area contributed by atoms with Crippen molar-refractivity contribution in [3.05, 3.63) is 61.5 Å². The lowest BCUT2D eigenvalue weighted by Crippen LogP contribution is -1.99. The molecular weight excluding hydrogens is 406 g/mol. The Morgan fingerprint density at radius 2 is 1.65 bits per heavy atom. The van der Waals surface area contributed by atoms with Crippen LogP contribution in [0.25, 0.3) is 0 Å². The lowest BCUT2D eigenvalue weighted by Gasteiger charge is -2.13. The summed E-state index contributed by atoms with van der Waals surface area (Å²) in [4.78, 5) is 0. The highest BCUT2D eigenvalue weighted by atomic mass is 79.9. The monoisotopic (exact) mass is 412 g/mol. The molecule has 0 aliphatic carbocycles. The molecule has 0 atom stereocenters. The molecule has 2 aromatic rings. The Balaban J connectivity index is 2.20. The minimum Gasteiger partial charge on any atom is -0.487 e. The average Bonchev–Trinajstić information content (AvgIpc) is 2.40. The predicted molar refractivity (Wildman–Crippen MR) is 89.9 cm³/mol. The van der Waals surface area contributed by atoms with Gasteiger partial charge in [0.2, 0.25) is 0 Å². The highest BCUT2D eigenvalue weighted by Gasteiger charge is 2.10. The Morgan fingerprint density at radius 3 is 2.30 bits per heavy atom. The van der Waals surface area contributed by atoms with Crippen LogP contribution >= 0.6 is 62.3 Å². The second-order valence-corrected chi connectivity index (χ2v) is 6.27. The van der Waals surface area contributed by atoms with E-state index in [1.165, 1.54) is 0 Å². The van der Waals surface area contributed by atoms with Gasteiger partial charge in [0, 0.05) is 15.9 Å². The van der Waals surface area contributed by atoms with E-state index in [-0.39, 0.29) is 0 Å². The molecule has 106 valence electrons. The number of ether oxygens (including phenoxy) is 1. The van der Waals surface area contributed by atoms with Crippen molar-refractivity contribution in [3.8, 4) is 5.75 Å². The molecule has 0 unspecified atom stereocenters. The summed E-state index contributed by atoms with van der Waals surface area (Å²) >= 11 is 27.4. The number of hydrogen-bond donors (Lipinski definition) is 0. The van der Waals surface area contributed by atoms with E-state index < -0.39 is 0 Å². The molecule has 6 heteroatoms. The maximum absolute atomic E-state index is 6.16. The second-order valence-electron chi connectivity index (χ2n) is 4.05. The third-order valence-electron chi connectivity index (χ3n) is 2.60.